The summed E-state index contributed by atoms with van der Waals surface area (Å²) in [6, 6.07) is 2.35. The Morgan fingerprint density at radius 1 is 0.966 bits per heavy atom. The van der Waals surface area contributed by atoms with Crippen molar-refractivity contribution in [3.8, 4) is 23.0 Å². The fourth-order valence-electron chi connectivity index (χ4n) is 4.43. The first-order valence-electron chi connectivity index (χ1n) is 10.2. The highest BCUT2D eigenvalue weighted by Gasteiger charge is 2.31. The van der Waals surface area contributed by atoms with Crippen molar-refractivity contribution in [2.45, 2.75) is 37.6 Å². The molecule has 9 heteroatoms. The Morgan fingerprint density at radius 3 is 2.45 bits per heavy atom. The van der Waals surface area contributed by atoms with Crippen molar-refractivity contribution in [3.05, 3.63) is 17.0 Å². The molecule has 3 aliphatic rings. The van der Waals surface area contributed by atoms with Crippen LogP contribution in [0.25, 0.3) is 11.5 Å². The number of likely N-dealkylation sites (tertiary alicyclic amines) is 1. The van der Waals surface area contributed by atoms with Gasteiger partial charge in [0.1, 0.15) is 13.2 Å². The number of halogens is 1. The zero-order valence-electron chi connectivity index (χ0n) is 16.2. The maximum Gasteiger partial charge on any atom is 0.251 e. The van der Waals surface area contributed by atoms with Crippen LogP contribution in [0.15, 0.2) is 10.5 Å². The first-order chi connectivity index (χ1) is 14.2. The lowest BCUT2D eigenvalue weighted by Crippen LogP contribution is -2.43. The van der Waals surface area contributed by atoms with Gasteiger partial charge in [-0.25, -0.2) is 0 Å². The number of hydrogen-bond acceptors (Lipinski definition) is 8. The largest absolute Gasteiger partial charge is 0.485 e. The quantitative estimate of drug-likeness (QED) is 0.756. The molecular weight excluding hydrogens is 396 g/mol. The summed E-state index contributed by atoms with van der Waals surface area (Å²) >= 11 is 6.28. The summed E-state index contributed by atoms with van der Waals surface area (Å²) in [5.74, 6) is 2.29. The van der Waals surface area contributed by atoms with Gasteiger partial charge in [0, 0.05) is 25.2 Å². The third kappa shape index (κ3) is 3.65. The molecule has 1 aromatic carbocycles. The summed E-state index contributed by atoms with van der Waals surface area (Å²) in [5, 5.41) is 8.98. The topological polar surface area (TPSA) is 95.9 Å². The Bertz CT molecular complexity index is 876. The normalized spacial score (nSPS) is 21.4. The van der Waals surface area contributed by atoms with Crippen LogP contribution in [-0.4, -0.2) is 60.7 Å². The van der Waals surface area contributed by atoms with Crippen LogP contribution < -0.4 is 15.2 Å². The molecule has 0 amide bonds. The maximum atomic E-state index is 6.28. The number of ether oxygens (including phenoxy) is 3. The van der Waals surface area contributed by atoms with Crippen LogP contribution in [-0.2, 0) is 4.74 Å². The van der Waals surface area contributed by atoms with E-state index in [-0.39, 0.29) is 5.92 Å². The van der Waals surface area contributed by atoms with Crippen molar-refractivity contribution in [1.82, 2.24) is 15.1 Å². The summed E-state index contributed by atoms with van der Waals surface area (Å²) in [4.78, 5) is 2.58. The molecule has 0 radical (unpaired) electrons. The predicted molar refractivity (Wildman–Crippen MR) is 108 cm³/mol. The molecule has 8 nitrogen and oxygen atoms in total. The summed E-state index contributed by atoms with van der Waals surface area (Å²) in [6.45, 7) is 4.71. The van der Waals surface area contributed by atoms with Gasteiger partial charge in [0.2, 0.25) is 5.89 Å². The third-order valence-corrected chi connectivity index (χ3v) is 6.37. The molecule has 2 N–H and O–H groups in total. The average molecular weight is 421 g/mol. The SMILES string of the molecule is Nc1c(Cl)cc(-c2nnc(C3CCN(C4CCOCC4)CC3)o2)c2c1OCCO2. The van der Waals surface area contributed by atoms with E-state index in [2.05, 4.69) is 15.1 Å². The first kappa shape index (κ1) is 19.0. The molecule has 2 saturated heterocycles. The number of aromatic nitrogens is 2. The number of nitrogens with two attached hydrogens (primary N) is 1. The summed E-state index contributed by atoms with van der Waals surface area (Å²) in [5.41, 5.74) is 7.02. The summed E-state index contributed by atoms with van der Waals surface area (Å²) in [7, 11) is 0. The van der Waals surface area contributed by atoms with Crippen LogP contribution >= 0.6 is 11.6 Å². The van der Waals surface area contributed by atoms with Gasteiger partial charge in [-0.2, -0.15) is 0 Å². The minimum absolute atomic E-state index is 0.268. The standard InChI is InChI=1S/C20H25ClN4O4/c21-15-11-14(17-18(16(15)22)28-10-9-27-17)20-24-23-19(29-20)12-1-5-25(6-2-12)13-3-7-26-8-4-13/h11-13H,1-10,22H2. The molecule has 2 fully saturated rings. The highest BCUT2D eigenvalue weighted by atomic mass is 35.5. The van der Waals surface area contributed by atoms with E-state index in [1.807, 2.05) is 0 Å². The number of hydrogen-bond donors (Lipinski definition) is 1. The molecule has 0 bridgehead atoms. The van der Waals surface area contributed by atoms with Gasteiger partial charge in [0.25, 0.3) is 5.89 Å². The summed E-state index contributed by atoms with van der Waals surface area (Å²) < 4.78 is 23.0. The Kier molecular flexibility index (Phi) is 5.24. The smallest absolute Gasteiger partial charge is 0.251 e. The van der Waals surface area contributed by atoms with Crippen LogP contribution in [0.5, 0.6) is 11.5 Å². The van der Waals surface area contributed by atoms with E-state index in [0.29, 0.717) is 58.8 Å². The zero-order chi connectivity index (χ0) is 19.8. The van der Waals surface area contributed by atoms with E-state index in [4.69, 9.17) is 36.0 Å². The third-order valence-electron chi connectivity index (χ3n) is 6.06. The minimum atomic E-state index is 0.268. The lowest BCUT2D eigenvalue weighted by molar-refractivity contribution is 0.0241. The molecule has 29 heavy (non-hydrogen) atoms. The van der Waals surface area contributed by atoms with Crippen LogP contribution in [0.2, 0.25) is 5.02 Å². The van der Waals surface area contributed by atoms with E-state index < -0.39 is 0 Å². The molecule has 0 unspecified atom stereocenters. The number of rotatable bonds is 3. The van der Waals surface area contributed by atoms with E-state index in [1.165, 1.54) is 0 Å². The van der Waals surface area contributed by atoms with Gasteiger partial charge in [0.05, 0.1) is 16.3 Å². The highest BCUT2D eigenvalue weighted by Crippen LogP contribution is 2.47. The molecule has 0 aliphatic carbocycles. The van der Waals surface area contributed by atoms with Crippen LogP contribution in [0.1, 0.15) is 37.5 Å². The molecule has 0 saturated carbocycles. The van der Waals surface area contributed by atoms with Gasteiger partial charge in [-0.3, -0.25) is 0 Å². The highest BCUT2D eigenvalue weighted by molar-refractivity contribution is 6.34. The molecule has 3 aliphatic heterocycles. The van der Waals surface area contributed by atoms with Gasteiger partial charge in [-0.15, -0.1) is 10.2 Å². The van der Waals surface area contributed by atoms with Gasteiger partial charge in [-0.05, 0) is 44.8 Å². The fraction of sp³-hybridized carbons (Fsp3) is 0.600. The number of piperidine rings is 1. The Morgan fingerprint density at radius 2 is 1.69 bits per heavy atom. The molecular formula is C20H25ClN4O4. The second-order valence-corrected chi connectivity index (χ2v) is 8.18. The van der Waals surface area contributed by atoms with Gasteiger partial charge < -0.3 is 29.3 Å². The van der Waals surface area contributed by atoms with E-state index in [0.717, 1.165) is 52.0 Å². The molecule has 4 heterocycles. The molecule has 1 aromatic heterocycles. The molecule has 0 atom stereocenters. The molecule has 0 spiro atoms. The number of nitrogen functional groups attached to an aromatic ring is 1. The van der Waals surface area contributed by atoms with Crippen LogP contribution in [0.3, 0.4) is 0 Å². The van der Waals surface area contributed by atoms with Crippen molar-refractivity contribution >= 4 is 17.3 Å². The first-order valence-corrected chi connectivity index (χ1v) is 10.6. The number of nitrogens with zero attached hydrogens (tertiary/aromatic N) is 3. The number of anilines is 1. The second kappa shape index (κ2) is 8.01. The van der Waals surface area contributed by atoms with Gasteiger partial charge in [0.15, 0.2) is 11.5 Å². The van der Waals surface area contributed by atoms with E-state index in [1.54, 1.807) is 6.07 Å². The minimum Gasteiger partial charge on any atom is -0.485 e. The molecule has 5 rings (SSSR count). The lowest BCUT2D eigenvalue weighted by Gasteiger charge is -2.38. The average Bonchev–Trinajstić information content (AvgIpc) is 3.27. The number of fused-ring (bicyclic) bond motifs is 1. The predicted octanol–water partition coefficient (Wildman–Crippen LogP) is 3.10. The van der Waals surface area contributed by atoms with Crippen molar-refractivity contribution < 1.29 is 18.6 Å². The monoisotopic (exact) mass is 420 g/mol. The molecule has 2 aromatic rings. The number of benzene rings is 1. The Hall–Kier alpha value is -2.03. The van der Waals surface area contributed by atoms with Crippen molar-refractivity contribution in [2.24, 2.45) is 0 Å². The Labute approximate surface area is 174 Å². The maximum absolute atomic E-state index is 6.28. The van der Waals surface area contributed by atoms with E-state index >= 15 is 0 Å². The fourth-order valence-corrected chi connectivity index (χ4v) is 4.62. The van der Waals surface area contributed by atoms with Crippen molar-refractivity contribution in [3.63, 3.8) is 0 Å². The van der Waals surface area contributed by atoms with E-state index in [9.17, 15) is 0 Å². The Balaban J connectivity index is 1.32. The zero-order valence-corrected chi connectivity index (χ0v) is 17.0. The van der Waals surface area contributed by atoms with Gasteiger partial charge >= 0.3 is 0 Å². The summed E-state index contributed by atoms with van der Waals surface area (Å²) in [6.07, 6.45) is 4.28. The van der Waals surface area contributed by atoms with Crippen LogP contribution in [0.4, 0.5) is 5.69 Å². The van der Waals surface area contributed by atoms with Crippen molar-refractivity contribution in [2.75, 3.05) is 45.3 Å². The lowest BCUT2D eigenvalue weighted by atomic mass is 9.94. The van der Waals surface area contributed by atoms with Crippen molar-refractivity contribution in [1.29, 1.82) is 0 Å². The second-order valence-electron chi connectivity index (χ2n) is 7.77. The van der Waals surface area contributed by atoms with Gasteiger partial charge in [-0.1, -0.05) is 11.6 Å². The van der Waals surface area contributed by atoms with Crippen LogP contribution in [0, 0.1) is 0 Å². The molecule has 156 valence electrons.